The minimum atomic E-state index is -0.838. The van der Waals surface area contributed by atoms with Crippen molar-refractivity contribution in [1.82, 2.24) is 0 Å². The van der Waals surface area contributed by atoms with Gasteiger partial charge in [-0.3, -0.25) is 14.6 Å². The largest absolute Gasteiger partial charge is 0.508 e. The Morgan fingerprint density at radius 3 is 2.68 bits per heavy atom. The van der Waals surface area contributed by atoms with E-state index in [-0.39, 0.29) is 36.2 Å². The minimum absolute atomic E-state index is 0.0191. The van der Waals surface area contributed by atoms with E-state index in [1.165, 1.54) is 31.4 Å². The first-order valence-corrected chi connectivity index (χ1v) is 11.4. The summed E-state index contributed by atoms with van der Waals surface area (Å²) in [6.07, 6.45) is 0.342. The van der Waals surface area contributed by atoms with Crippen molar-refractivity contribution in [3.63, 3.8) is 0 Å². The number of methoxy groups -OCH3 is 1. The third-order valence-corrected chi connectivity index (χ3v) is 6.64. The average Bonchev–Trinajstić information content (AvgIpc) is 2.78. The number of hydrogen-bond donors (Lipinski definition) is 1. The first-order valence-electron chi connectivity index (χ1n) is 11.0. The molecular weight excluding hydrogens is 461 g/mol. The lowest BCUT2D eigenvalue weighted by atomic mass is 9.69. The van der Waals surface area contributed by atoms with Crippen LogP contribution in [0.4, 0.5) is 4.39 Å². The monoisotopic (exact) mass is 485 g/mol. The lowest BCUT2D eigenvalue weighted by molar-refractivity contribution is -0.147. The molecule has 0 aromatic heterocycles. The quantitative estimate of drug-likeness (QED) is 0.462. The van der Waals surface area contributed by atoms with Gasteiger partial charge in [-0.1, -0.05) is 29.8 Å². The highest BCUT2D eigenvalue weighted by atomic mass is 35.5. The zero-order valence-electron chi connectivity index (χ0n) is 18.9. The van der Waals surface area contributed by atoms with Gasteiger partial charge in [0.1, 0.15) is 24.1 Å². The summed E-state index contributed by atoms with van der Waals surface area (Å²) in [4.78, 5) is 31.2. The van der Waals surface area contributed by atoms with Crippen molar-refractivity contribution in [2.45, 2.75) is 31.6 Å². The van der Waals surface area contributed by atoms with Crippen LogP contribution in [0.1, 0.15) is 42.7 Å². The summed E-state index contributed by atoms with van der Waals surface area (Å²) < 4.78 is 25.0. The summed E-state index contributed by atoms with van der Waals surface area (Å²) in [5.74, 6) is -3.18. The number of ether oxygens (including phenoxy) is 2. The predicted molar refractivity (Wildman–Crippen MR) is 126 cm³/mol. The number of phenolic OH excluding ortho intramolecular Hbond substituents is 1. The fraction of sp³-hybridized carbons (Fsp3) is 0.346. The molecule has 0 spiro atoms. The third-order valence-electron chi connectivity index (χ3n) is 6.31. The molecule has 8 heteroatoms. The maximum atomic E-state index is 14.6. The molecular formula is C26H25ClFNO5. The average molecular weight is 486 g/mol. The fourth-order valence-corrected chi connectivity index (χ4v) is 5.18. The van der Waals surface area contributed by atoms with Crippen LogP contribution in [0.5, 0.6) is 5.75 Å². The van der Waals surface area contributed by atoms with E-state index in [0.29, 0.717) is 34.5 Å². The van der Waals surface area contributed by atoms with Crippen LogP contribution >= 0.6 is 11.6 Å². The summed E-state index contributed by atoms with van der Waals surface area (Å²) in [7, 11) is 1.51. The number of allylic oxidation sites excluding steroid dienone is 2. The van der Waals surface area contributed by atoms with E-state index in [9.17, 15) is 19.1 Å². The van der Waals surface area contributed by atoms with Crippen molar-refractivity contribution in [3.05, 3.63) is 75.7 Å². The third kappa shape index (κ3) is 4.63. The van der Waals surface area contributed by atoms with Gasteiger partial charge in [0.05, 0.1) is 6.61 Å². The molecule has 34 heavy (non-hydrogen) atoms. The van der Waals surface area contributed by atoms with Crippen LogP contribution in [0.2, 0.25) is 5.02 Å². The Labute approximate surface area is 202 Å². The molecule has 3 atom stereocenters. The predicted octanol–water partition coefficient (Wildman–Crippen LogP) is 4.95. The molecule has 1 aliphatic heterocycles. The number of nitrogens with zero attached hydrogens (tertiary/aromatic N) is 1. The number of phenols is 1. The van der Waals surface area contributed by atoms with E-state index in [4.69, 9.17) is 21.1 Å². The number of esters is 1. The number of aliphatic imine (C=N–C) groups is 1. The normalized spacial score (nSPS) is 22.3. The van der Waals surface area contributed by atoms with Crippen LogP contribution in [0.25, 0.3) is 0 Å². The van der Waals surface area contributed by atoms with Crippen molar-refractivity contribution in [3.8, 4) is 5.75 Å². The number of ketones is 1. The molecule has 4 rings (SSSR count). The van der Waals surface area contributed by atoms with E-state index >= 15 is 0 Å². The molecule has 0 saturated carbocycles. The molecule has 3 unspecified atom stereocenters. The molecule has 0 bridgehead atoms. The molecule has 6 nitrogen and oxygen atoms in total. The molecule has 1 aliphatic carbocycles. The molecule has 0 radical (unpaired) electrons. The highest BCUT2D eigenvalue weighted by Gasteiger charge is 2.45. The molecule has 0 saturated heterocycles. The Morgan fingerprint density at radius 1 is 1.21 bits per heavy atom. The SMILES string of the molecule is COCCOC(=O)C1C(C)=NC2=C(C(=O)CC(c3c(F)cccc3Cl)C2)C1c1cccc(O)c1. The van der Waals surface area contributed by atoms with Gasteiger partial charge >= 0.3 is 5.97 Å². The van der Waals surface area contributed by atoms with E-state index in [1.54, 1.807) is 25.1 Å². The summed E-state index contributed by atoms with van der Waals surface area (Å²) in [6.45, 7) is 2.02. The molecule has 2 aromatic carbocycles. The van der Waals surface area contributed by atoms with Crippen molar-refractivity contribution in [1.29, 1.82) is 0 Å². The Kier molecular flexibility index (Phi) is 7.14. The highest BCUT2D eigenvalue weighted by molar-refractivity contribution is 6.31. The van der Waals surface area contributed by atoms with Crippen LogP contribution < -0.4 is 0 Å². The minimum Gasteiger partial charge on any atom is -0.508 e. The second kappa shape index (κ2) is 10.1. The van der Waals surface area contributed by atoms with Gasteiger partial charge in [0.25, 0.3) is 0 Å². The molecule has 0 fully saturated rings. The molecule has 1 heterocycles. The van der Waals surface area contributed by atoms with Gasteiger partial charge in [-0.05, 0) is 43.2 Å². The zero-order valence-corrected chi connectivity index (χ0v) is 19.6. The topological polar surface area (TPSA) is 85.2 Å². The van der Waals surface area contributed by atoms with Crippen molar-refractivity contribution in [2.24, 2.45) is 10.9 Å². The lowest BCUT2D eigenvalue weighted by Crippen LogP contribution is -2.38. The number of aromatic hydroxyl groups is 1. The van der Waals surface area contributed by atoms with Crippen molar-refractivity contribution in [2.75, 3.05) is 20.3 Å². The number of carbonyl (C=O) groups is 2. The van der Waals surface area contributed by atoms with Gasteiger partial charge in [0.2, 0.25) is 0 Å². The number of halogens is 2. The molecule has 2 aliphatic rings. The van der Waals surface area contributed by atoms with Gasteiger partial charge in [-0.15, -0.1) is 0 Å². The van der Waals surface area contributed by atoms with Gasteiger partial charge in [-0.2, -0.15) is 0 Å². The smallest absolute Gasteiger partial charge is 0.315 e. The second-order valence-electron chi connectivity index (χ2n) is 8.49. The van der Waals surface area contributed by atoms with E-state index in [0.717, 1.165) is 0 Å². The summed E-state index contributed by atoms with van der Waals surface area (Å²) in [5, 5.41) is 10.4. The Hall–Kier alpha value is -3.03. The van der Waals surface area contributed by atoms with Crippen LogP contribution in [0.3, 0.4) is 0 Å². The summed E-state index contributed by atoms with van der Waals surface area (Å²) in [5.41, 5.74) is 2.29. The maximum absolute atomic E-state index is 14.6. The van der Waals surface area contributed by atoms with Gasteiger partial charge < -0.3 is 14.6 Å². The van der Waals surface area contributed by atoms with Crippen LogP contribution in [0, 0.1) is 11.7 Å². The fourth-order valence-electron chi connectivity index (χ4n) is 4.86. The van der Waals surface area contributed by atoms with Crippen molar-refractivity contribution >= 4 is 29.1 Å². The zero-order chi connectivity index (χ0) is 24.4. The van der Waals surface area contributed by atoms with Crippen LogP contribution in [-0.2, 0) is 19.1 Å². The van der Waals surface area contributed by atoms with E-state index in [1.807, 2.05) is 0 Å². The van der Waals surface area contributed by atoms with Crippen LogP contribution in [-0.4, -0.2) is 42.9 Å². The number of Topliss-reactive ketones (excluding diaryl/α,β-unsaturated/α-hetero) is 1. The van der Waals surface area contributed by atoms with Crippen LogP contribution in [0.15, 0.2) is 58.7 Å². The first kappa shape index (κ1) is 24.1. The van der Waals surface area contributed by atoms with Gasteiger partial charge in [0.15, 0.2) is 5.78 Å². The molecule has 2 aromatic rings. The number of rotatable bonds is 6. The Balaban J connectivity index is 1.78. The number of carbonyl (C=O) groups excluding carboxylic acids is 2. The summed E-state index contributed by atoms with van der Waals surface area (Å²) >= 11 is 6.28. The molecule has 1 N–H and O–H groups in total. The Bertz CT molecular complexity index is 1170. The van der Waals surface area contributed by atoms with Gasteiger partial charge in [0, 0.05) is 52.9 Å². The Morgan fingerprint density at radius 2 is 1.97 bits per heavy atom. The molecule has 178 valence electrons. The van der Waals surface area contributed by atoms with Gasteiger partial charge in [-0.25, -0.2) is 4.39 Å². The van der Waals surface area contributed by atoms with E-state index < -0.39 is 29.5 Å². The number of benzene rings is 2. The lowest BCUT2D eigenvalue weighted by Gasteiger charge is -2.36. The number of hydrogen-bond acceptors (Lipinski definition) is 6. The highest BCUT2D eigenvalue weighted by Crippen LogP contribution is 2.48. The summed E-state index contributed by atoms with van der Waals surface area (Å²) in [6, 6.07) is 10.9. The molecule has 0 amide bonds. The maximum Gasteiger partial charge on any atom is 0.315 e. The first-order chi connectivity index (χ1) is 16.3. The second-order valence-corrected chi connectivity index (χ2v) is 8.90. The standard InChI is InChI=1S/C26H25ClFNO5/c1-14-22(26(32)34-10-9-33-2)24(15-5-3-6-17(30)11-15)25-20(29-14)12-16(13-21(25)31)23-18(27)7-4-8-19(23)28/h3-8,11,16,22,24,30H,9-10,12-13H2,1-2H3. The van der Waals surface area contributed by atoms with Crippen molar-refractivity contribution < 1.29 is 28.6 Å². The van der Waals surface area contributed by atoms with E-state index in [2.05, 4.69) is 4.99 Å².